The Hall–Kier alpha value is -3.92. The standard InChI is InChI=1S/C23H26N4O6/c1-31-18-9-7-17(8-10-18)26-21(28)15-33-19-5-2-4-16(12-19)13-25-27-23(30)22(29)24-14-20-6-3-11-32-20/h2,4-5,7-10,12-13,20H,3,6,11,14-15H2,1H3,(H,24,29)(H,26,28)(H,27,30)/b25-13-/t20-/m1/s1. The summed E-state index contributed by atoms with van der Waals surface area (Å²) < 4.78 is 16.0. The molecule has 0 saturated carbocycles. The topological polar surface area (TPSA) is 127 Å². The zero-order valence-electron chi connectivity index (χ0n) is 18.2. The van der Waals surface area contributed by atoms with E-state index in [1.807, 2.05) is 0 Å². The Morgan fingerprint density at radius 1 is 1.12 bits per heavy atom. The highest BCUT2D eigenvalue weighted by Gasteiger charge is 2.18. The van der Waals surface area contributed by atoms with Gasteiger partial charge in [-0.15, -0.1) is 0 Å². The van der Waals surface area contributed by atoms with Crippen LogP contribution in [0.1, 0.15) is 18.4 Å². The third-order valence-electron chi connectivity index (χ3n) is 4.70. The highest BCUT2D eigenvalue weighted by Crippen LogP contribution is 2.16. The maximum absolute atomic E-state index is 12.1. The van der Waals surface area contributed by atoms with Crippen LogP contribution >= 0.6 is 0 Å². The van der Waals surface area contributed by atoms with Crippen molar-refractivity contribution in [2.24, 2.45) is 5.10 Å². The Labute approximate surface area is 191 Å². The van der Waals surface area contributed by atoms with Gasteiger partial charge in [-0.2, -0.15) is 5.10 Å². The number of rotatable bonds is 9. The monoisotopic (exact) mass is 454 g/mol. The van der Waals surface area contributed by atoms with Crippen LogP contribution in [0, 0.1) is 0 Å². The van der Waals surface area contributed by atoms with Gasteiger partial charge in [-0.05, 0) is 54.8 Å². The Kier molecular flexibility index (Phi) is 8.78. The van der Waals surface area contributed by atoms with E-state index in [-0.39, 0.29) is 18.6 Å². The molecule has 2 aromatic carbocycles. The van der Waals surface area contributed by atoms with Crippen molar-refractivity contribution in [1.82, 2.24) is 10.7 Å². The van der Waals surface area contributed by atoms with Gasteiger partial charge in [-0.3, -0.25) is 14.4 Å². The summed E-state index contributed by atoms with van der Waals surface area (Å²) in [4.78, 5) is 35.7. The number of hydrazone groups is 1. The number of nitrogens with one attached hydrogen (secondary N) is 3. The van der Waals surface area contributed by atoms with Gasteiger partial charge in [-0.1, -0.05) is 12.1 Å². The maximum atomic E-state index is 12.1. The molecule has 1 fully saturated rings. The summed E-state index contributed by atoms with van der Waals surface area (Å²) in [6.45, 7) is 0.781. The van der Waals surface area contributed by atoms with E-state index < -0.39 is 11.8 Å². The third kappa shape index (κ3) is 7.93. The van der Waals surface area contributed by atoms with Crippen LogP contribution in [0.3, 0.4) is 0 Å². The van der Waals surface area contributed by atoms with Crippen molar-refractivity contribution in [3.8, 4) is 11.5 Å². The van der Waals surface area contributed by atoms with E-state index in [0.29, 0.717) is 35.9 Å². The van der Waals surface area contributed by atoms with E-state index in [1.54, 1.807) is 55.6 Å². The fourth-order valence-electron chi connectivity index (χ4n) is 3.01. The molecule has 0 bridgehead atoms. The van der Waals surface area contributed by atoms with E-state index in [9.17, 15) is 14.4 Å². The first-order valence-electron chi connectivity index (χ1n) is 10.4. The number of carbonyl (C=O) groups excluding carboxylic acids is 3. The second-order valence-electron chi connectivity index (χ2n) is 7.18. The number of methoxy groups -OCH3 is 1. The molecule has 0 aromatic heterocycles. The molecule has 10 heteroatoms. The van der Waals surface area contributed by atoms with Gasteiger partial charge in [0.05, 0.1) is 19.4 Å². The first kappa shape index (κ1) is 23.7. The van der Waals surface area contributed by atoms with Crippen LogP contribution in [0.5, 0.6) is 11.5 Å². The molecule has 0 spiro atoms. The van der Waals surface area contributed by atoms with Crippen LogP contribution in [0.15, 0.2) is 53.6 Å². The maximum Gasteiger partial charge on any atom is 0.329 e. The number of hydrogen-bond acceptors (Lipinski definition) is 7. The van der Waals surface area contributed by atoms with E-state index in [1.165, 1.54) is 6.21 Å². The second-order valence-corrected chi connectivity index (χ2v) is 7.18. The molecule has 0 unspecified atom stereocenters. The average Bonchev–Trinajstić information content (AvgIpc) is 3.36. The number of nitrogens with zero attached hydrogens (tertiary/aromatic N) is 1. The van der Waals surface area contributed by atoms with Crippen LogP contribution in [-0.4, -0.2) is 56.9 Å². The summed E-state index contributed by atoms with van der Waals surface area (Å²) in [5, 5.41) is 9.03. The highest BCUT2D eigenvalue weighted by atomic mass is 16.5. The summed E-state index contributed by atoms with van der Waals surface area (Å²) in [7, 11) is 1.57. The number of anilines is 1. The molecule has 3 N–H and O–H groups in total. The van der Waals surface area contributed by atoms with Crippen molar-refractivity contribution in [1.29, 1.82) is 0 Å². The molecular formula is C23H26N4O6. The van der Waals surface area contributed by atoms with Crippen molar-refractivity contribution >= 4 is 29.6 Å². The van der Waals surface area contributed by atoms with Crippen LogP contribution in [-0.2, 0) is 19.1 Å². The average molecular weight is 454 g/mol. The van der Waals surface area contributed by atoms with Crippen LogP contribution in [0.2, 0.25) is 0 Å². The Morgan fingerprint density at radius 2 is 1.94 bits per heavy atom. The first-order chi connectivity index (χ1) is 16.0. The molecule has 2 aromatic rings. The molecule has 1 aliphatic rings. The SMILES string of the molecule is COc1ccc(NC(=O)COc2cccc(/C=N\NC(=O)C(=O)NC[C@H]3CCCO3)c2)cc1. The molecule has 33 heavy (non-hydrogen) atoms. The van der Waals surface area contributed by atoms with E-state index in [0.717, 1.165) is 12.8 Å². The molecule has 0 aliphatic carbocycles. The Morgan fingerprint density at radius 3 is 2.67 bits per heavy atom. The van der Waals surface area contributed by atoms with E-state index in [2.05, 4.69) is 21.2 Å². The van der Waals surface area contributed by atoms with Gasteiger partial charge in [0, 0.05) is 18.8 Å². The fraction of sp³-hybridized carbons (Fsp3) is 0.304. The summed E-state index contributed by atoms with van der Waals surface area (Å²) >= 11 is 0. The van der Waals surface area contributed by atoms with Crippen molar-refractivity contribution in [3.63, 3.8) is 0 Å². The zero-order chi connectivity index (χ0) is 23.5. The lowest BCUT2D eigenvalue weighted by Crippen LogP contribution is -2.41. The largest absolute Gasteiger partial charge is 0.497 e. The predicted molar refractivity (Wildman–Crippen MR) is 121 cm³/mol. The van der Waals surface area contributed by atoms with Gasteiger partial charge in [0.1, 0.15) is 11.5 Å². The van der Waals surface area contributed by atoms with Gasteiger partial charge in [0.15, 0.2) is 6.61 Å². The molecule has 3 amide bonds. The molecule has 1 atom stereocenters. The lowest BCUT2D eigenvalue weighted by molar-refractivity contribution is -0.139. The lowest BCUT2D eigenvalue weighted by Gasteiger charge is -2.09. The van der Waals surface area contributed by atoms with Gasteiger partial charge in [-0.25, -0.2) is 5.43 Å². The molecule has 1 heterocycles. The Bertz CT molecular complexity index is 987. The normalized spacial score (nSPS) is 15.1. The number of ether oxygens (including phenoxy) is 3. The number of hydrogen-bond donors (Lipinski definition) is 3. The Balaban J connectivity index is 1.41. The molecule has 174 valence electrons. The highest BCUT2D eigenvalue weighted by molar-refractivity contribution is 6.35. The van der Waals surface area contributed by atoms with Crippen LogP contribution in [0.4, 0.5) is 5.69 Å². The summed E-state index contributed by atoms with van der Waals surface area (Å²) in [6.07, 6.45) is 3.14. The number of benzene rings is 2. The fourth-order valence-corrected chi connectivity index (χ4v) is 3.01. The number of carbonyl (C=O) groups is 3. The van der Waals surface area contributed by atoms with Crippen LogP contribution < -0.4 is 25.5 Å². The molecule has 1 saturated heterocycles. The van der Waals surface area contributed by atoms with Crippen molar-refractivity contribution in [2.45, 2.75) is 18.9 Å². The van der Waals surface area contributed by atoms with Gasteiger partial charge in [0.2, 0.25) is 0 Å². The molecular weight excluding hydrogens is 428 g/mol. The molecule has 3 rings (SSSR count). The second kappa shape index (κ2) is 12.2. The van der Waals surface area contributed by atoms with Crippen molar-refractivity contribution in [3.05, 3.63) is 54.1 Å². The van der Waals surface area contributed by atoms with Crippen molar-refractivity contribution < 1.29 is 28.6 Å². The molecule has 10 nitrogen and oxygen atoms in total. The first-order valence-corrected chi connectivity index (χ1v) is 10.4. The third-order valence-corrected chi connectivity index (χ3v) is 4.70. The zero-order valence-corrected chi connectivity index (χ0v) is 18.2. The molecule has 1 aliphatic heterocycles. The predicted octanol–water partition coefficient (Wildman–Crippen LogP) is 1.46. The van der Waals surface area contributed by atoms with E-state index >= 15 is 0 Å². The number of amides is 3. The van der Waals surface area contributed by atoms with Crippen LogP contribution in [0.25, 0.3) is 0 Å². The lowest BCUT2D eigenvalue weighted by atomic mass is 10.2. The summed E-state index contributed by atoms with van der Waals surface area (Å²) in [6, 6.07) is 13.7. The summed E-state index contributed by atoms with van der Waals surface area (Å²) in [5.41, 5.74) is 3.42. The minimum atomic E-state index is -0.869. The van der Waals surface area contributed by atoms with E-state index in [4.69, 9.17) is 14.2 Å². The quantitative estimate of drug-likeness (QED) is 0.299. The minimum absolute atomic E-state index is 0.0497. The summed E-state index contributed by atoms with van der Waals surface area (Å²) in [5.74, 6) is -0.822. The van der Waals surface area contributed by atoms with Gasteiger partial charge >= 0.3 is 11.8 Å². The van der Waals surface area contributed by atoms with Gasteiger partial charge in [0.25, 0.3) is 5.91 Å². The van der Waals surface area contributed by atoms with Gasteiger partial charge < -0.3 is 24.8 Å². The minimum Gasteiger partial charge on any atom is -0.497 e. The van der Waals surface area contributed by atoms with Crippen molar-refractivity contribution in [2.75, 3.05) is 32.2 Å². The smallest absolute Gasteiger partial charge is 0.329 e. The molecule has 0 radical (unpaired) electrons.